The number of aromatic nitrogens is 2. The summed E-state index contributed by atoms with van der Waals surface area (Å²) in [5, 5.41) is 7.44. The zero-order valence-corrected chi connectivity index (χ0v) is 11.4. The lowest BCUT2D eigenvalue weighted by molar-refractivity contribution is 0.339. The number of ether oxygens (including phenoxy) is 1. The maximum Gasteiger partial charge on any atom is 0.145 e. The molecular weight excluding hydrogens is 245 g/mol. The maximum absolute atomic E-state index is 13.2. The Morgan fingerprint density at radius 3 is 2.89 bits per heavy atom. The van der Waals surface area contributed by atoms with Crippen LogP contribution >= 0.6 is 0 Å². The molecule has 1 atom stereocenters. The van der Waals surface area contributed by atoms with E-state index in [2.05, 4.69) is 10.4 Å². The molecule has 0 fully saturated rings. The van der Waals surface area contributed by atoms with Crippen LogP contribution in [-0.2, 0) is 7.05 Å². The van der Waals surface area contributed by atoms with Crippen molar-refractivity contribution in [2.45, 2.75) is 19.9 Å². The summed E-state index contributed by atoms with van der Waals surface area (Å²) >= 11 is 0. The minimum Gasteiger partial charge on any atom is -0.492 e. The fourth-order valence-corrected chi connectivity index (χ4v) is 1.87. The zero-order valence-electron chi connectivity index (χ0n) is 11.4. The molecule has 1 heterocycles. The van der Waals surface area contributed by atoms with E-state index in [1.54, 1.807) is 10.7 Å². The van der Waals surface area contributed by atoms with Crippen LogP contribution < -0.4 is 10.1 Å². The highest BCUT2D eigenvalue weighted by molar-refractivity contribution is 5.57. The number of anilines is 1. The van der Waals surface area contributed by atoms with Crippen LogP contribution in [-0.4, -0.2) is 16.4 Å². The zero-order chi connectivity index (χ0) is 13.8. The average molecular weight is 263 g/mol. The summed E-state index contributed by atoms with van der Waals surface area (Å²) in [6.07, 6.45) is 3.75. The van der Waals surface area contributed by atoms with Crippen molar-refractivity contribution in [1.29, 1.82) is 0 Å². The first-order chi connectivity index (χ1) is 9.10. The molecule has 0 spiro atoms. The standard InChI is InChI=1S/C14H18FN3O/c1-4-19-14-7-12(15)5-6-13(14)17-10(2)11-8-16-18(3)9-11/h5-10,17H,4H2,1-3H3. The van der Waals surface area contributed by atoms with Gasteiger partial charge in [-0.1, -0.05) is 0 Å². The van der Waals surface area contributed by atoms with Crippen molar-refractivity contribution in [3.05, 3.63) is 42.0 Å². The minimum atomic E-state index is -0.303. The third-order valence-corrected chi connectivity index (χ3v) is 2.84. The van der Waals surface area contributed by atoms with Gasteiger partial charge in [-0.2, -0.15) is 5.10 Å². The molecule has 4 nitrogen and oxygen atoms in total. The van der Waals surface area contributed by atoms with Crippen LogP contribution in [0, 0.1) is 5.82 Å². The number of aryl methyl sites for hydroxylation is 1. The quantitative estimate of drug-likeness (QED) is 0.900. The topological polar surface area (TPSA) is 39.1 Å². The number of nitrogens with one attached hydrogen (secondary N) is 1. The summed E-state index contributed by atoms with van der Waals surface area (Å²) < 4.78 is 20.4. The molecule has 0 saturated carbocycles. The molecule has 0 aliphatic rings. The van der Waals surface area contributed by atoms with Gasteiger partial charge in [-0.15, -0.1) is 0 Å². The van der Waals surface area contributed by atoms with Crippen LogP contribution in [0.5, 0.6) is 5.75 Å². The molecule has 0 bridgehead atoms. The SMILES string of the molecule is CCOc1cc(F)ccc1NC(C)c1cnn(C)c1. The fraction of sp³-hybridized carbons (Fsp3) is 0.357. The van der Waals surface area contributed by atoms with Crippen molar-refractivity contribution in [1.82, 2.24) is 9.78 Å². The predicted octanol–water partition coefficient (Wildman–Crippen LogP) is 3.13. The van der Waals surface area contributed by atoms with Gasteiger partial charge in [0.25, 0.3) is 0 Å². The number of halogens is 1. The largest absolute Gasteiger partial charge is 0.492 e. The van der Waals surface area contributed by atoms with Crippen LogP contribution in [0.1, 0.15) is 25.5 Å². The molecule has 5 heteroatoms. The van der Waals surface area contributed by atoms with Gasteiger partial charge in [0, 0.05) is 24.9 Å². The second kappa shape index (κ2) is 5.73. The van der Waals surface area contributed by atoms with E-state index >= 15 is 0 Å². The first-order valence-corrected chi connectivity index (χ1v) is 6.27. The Kier molecular flexibility index (Phi) is 4.04. The van der Waals surface area contributed by atoms with E-state index in [1.165, 1.54) is 12.1 Å². The van der Waals surface area contributed by atoms with Gasteiger partial charge in [-0.05, 0) is 26.0 Å². The number of benzene rings is 1. The van der Waals surface area contributed by atoms with Crippen LogP contribution in [0.3, 0.4) is 0 Å². The van der Waals surface area contributed by atoms with Gasteiger partial charge >= 0.3 is 0 Å². The molecular formula is C14H18FN3O. The molecule has 1 N–H and O–H groups in total. The van der Waals surface area contributed by atoms with E-state index in [-0.39, 0.29) is 11.9 Å². The Hall–Kier alpha value is -2.04. The smallest absolute Gasteiger partial charge is 0.145 e. The normalized spacial score (nSPS) is 12.2. The van der Waals surface area contributed by atoms with E-state index in [0.717, 1.165) is 11.3 Å². The number of hydrogen-bond donors (Lipinski definition) is 1. The monoisotopic (exact) mass is 263 g/mol. The Morgan fingerprint density at radius 2 is 2.26 bits per heavy atom. The molecule has 1 aromatic heterocycles. The highest BCUT2D eigenvalue weighted by Crippen LogP contribution is 2.29. The Morgan fingerprint density at radius 1 is 1.47 bits per heavy atom. The Labute approximate surface area is 112 Å². The molecule has 0 aliphatic carbocycles. The Bertz CT molecular complexity index is 553. The summed E-state index contributed by atoms with van der Waals surface area (Å²) in [5.41, 5.74) is 1.84. The maximum atomic E-state index is 13.2. The van der Waals surface area contributed by atoms with Crippen molar-refractivity contribution in [2.75, 3.05) is 11.9 Å². The summed E-state index contributed by atoms with van der Waals surface area (Å²) in [7, 11) is 1.87. The lowest BCUT2D eigenvalue weighted by Gasteiger charge is -2.17. The number of hydrogen-bond acceptors (Lipinski definition) is 3. The van der Waals surface area contributed by atoms with E-state index in [1.807, 2.05) is 33.3 Å². The van der Waals surface area contributed by atoms with Crippen molar-refractivity contribution >= 4 is 5.69 Å². The third kappa shape index (κ3) is 3.24. The third-order valence-electron chi connectivity index (χ3n) is 2.84. The molecule has 2 aromatic rings. The molecule has 0 saturated heterocycles. The van der Waals surface area contributed by atoms with Gasteiger partial charge in [0.05, 0.1) is 24.5 Å². The van der Waals surface area contributed by atoms with Gasteiger partial charge in [-0.25, -0.2) is 4.39 Å². The summed E-state index contributed by atoms with van der Waals surface area (Å²) in [5.74, 6) is 0.223. The van der Waals surface area contributed by atoms with Crippen molar-refractivity contribution in [2.24, 2.45) is 7.05 Å². The van der Waals surface area contributed by atoms with Gasteiger partial charge in [0.2, 0.25) is 0 Å². The first kappa shape index (κ1) is 13.4. The molecule has 1 unspecified atom stereocenters. The molecule has 19 heavy (non-hydrogen) atoms. The second-order valence-corrected chi connectivity index (χ2v) is 4.39. The van der Waals surface area contributed by atoms with Crippen molar-refractivity contribution in [3.63, 3.8) is 0 Å². The molecule has 2 rings (SSSR count). The van der Waals surface area contributed by atoms with Crippen molar-refractivity contribution in [3.8, 4) is 5.75 Å². The molecule has 102 valence electrons. The van der Waals surface area contributed by atoms with Crippen molar-refractivity contribution < 1.29 is 9.13 Å². The van der Waals surface area contributed by atoms with E-state index in [4.69, 9.17) is 4.74 Å². The minimum absolute atomic E-state index is 0.0679. The first-order valence-electron chi connectivity index (χ1n) is 6.27. The molecule has 0 aliphatic heterocycles. The van der Waals surface area contributed by atoms with Gasteiger partial charge in [0.15, 0.2) is 0 Å². The highest BCUT2D eigenvalue weighted by atomic mass is 19.1. The lowest BCUT2D eigenvalue weighted by atomic mass is 10.1. The van der Waals surface area contributed by atoms with Crippen LogP contribution in [0.25, 0.3) is 0 Å². The van der Waals surface area contributed by atoms with E-state index in [0.29, 0.717) is 12.4 Å². The fourth-order valence-electron chi connectivity index (χ4n) is 1.87. The number of rotatable bonds is 5. The average Bonchev–Trinajstić information content (AvgIpc) is 2.80. The summed E-state index contributed by atoms with van der Waals surface area (Å²) in [6, 6.07) is 4.56. The number of nitrogens with zero attached hydrogens (tertiary/aromatic N) is 2. The summed E-state index contributed by atoms with van der Waals surface area (Å²) in [6.45, 7) is 4.40. The van der Waals surface area contributed by atoms with Crippen LogP contribution in [0.15, 0.2) is 30.6 Å². The van der Waals surface area contributed by atoms with E-state index in [9.17, 15) is 4.39 Å². The van der Waals surface area contributed by atoms with Gasteiger partial charge < -0.3 is 10.1 Å². The molecule has 0 amide bonds. The predicted molar refractivity (Wildman–Crippen MR) is 72.8 cm³/mol. The second-order valence-electron chi connectivity index (χ2n) is 4.39. The van der Waals surface area contributed by atoms with Crippen LogP contribution in [0.2, 0.25) is 0 Å². The lowest BCUT2D eigenvalue weighted by Crippen LogP contribution is -2.08. The highest BCUT2D eigenvalue weighted by Gasteiger charge is 2.11. The summed E-state index contributed by atoms with van der Waals surface area (Å²) in [4.78, 5) is 0. The molecule has 1 aromatic carbocycles. The van der Waals surface area contributed by atoms with E-state index < -0.39 is 0 Å². The van der Waals surface area contributed by atoms with Crippen LogP contribution in [0.4, 0.5) is 10.1 Å². The van der Waals surface area contributed by atoms with Gasteiger partial charge in [0.1, 0.15) is 11.6 Å². The van der Waals surface area contributed by atoms with Gasteiger partial charge in [-0.3, -0.25) is 4.68 Å². The molecule has 0 radical (unpaired) electrons. The Balaban J connectivity index is 2.18.